The van der Waals surface area contributed by atoms with E-state index < -0.39 is 11.6 Å². The van der Waals surface area contributed by atoms with E-state index in [1.54, 1.807) is 6.92 Å². The van der Waals surface area contributed by atoms with Crippen LogP contribution in [0.15, 0.2) is 18.2 Å². The van der Waals surface area contributed by atoms with Gasteiger partial charge in [0.1, 0.15) is 11.6 Å². The molecule has 14 heavy (non-hydrogen) atoms. The summed E-state index contributed by atoms with van der Waals surface area (Å²) in [7, 11) is 0. The van der Waals surface area contributed by atoms with Gasteiger partial charge in [0.2, 0.25) is 0 Å². The molecule has 0 aliphatic carbocycles. The Morgan fingerprint density at radius 2 is 1.86 bits per heavy atom. The standard InChI is InChI=1S/C12H12F2/c1-3-5-9(2)8-10-11(13)6-4-7-12(10)14/h4,6-7,9H,8H2,1-2H3. The Hall–Kier alpha value is -1.36. The second-order valence-electron chi connectivity index (χ2n) is 3.20. The van der Waals surface area contributed by atoms with Gasteiger partial charge in [-0.25, -0.2) is 8.78 Å². The molecule has 0 aliphatic rings. The third-order valence-corrected chi connectivity index (χ3v) is 1.96. The first-order valence-corrected chi connectivity index (χ1v) is 4.50. The lowest BCUT2D eigenvalue weighted by atomic mass is 10.0. The Kier molecular flexibility index (Phi) is 3.64. The average molecular weight is 194 g/mol. The summed E-state index contributed by atoms with van der Waals surface area (Å²) in [6, 6.07) is 3.90. The SMILES string of the molecule is CC#CC(C)Cc1c(F)cccc1F. The lowest BCUT2D eigenvalue weighted by Gasteiger charge is -2.06. The van der Waals surface area contributed by atoms with E-state index in [4.69, 9.17) is 0 Å². The fraction of sp³-hybridized carbons (Fsp3) is 0.333. The second-order valence-corrected chi connectivity index (χ2v) is 3.20. The quantitative estimate of drug-likeness (QED) is 0.634. The molecule has 0 nitrogen and oxygen atoms in total. The van der Waals surface area contributed by atoms with E-state index >= 15 is 0 Å². The van der Waals surface area contributed by atoms with Crippen molar-refractivity contribution < 1.29 is 8.78 Å². The maximum atomic E-state index is 13.2. The van der Waals surface area contributed by atoms with Gasteiger partial charge >= 0.3 is 0 Å². The molecule has 0 spiro atoms. The van der Waals surface area contributed by atoms with E-state index in [0.717, 1.165) is 0 Å². The zero-order chi connectivity index (χ0) is 10.6. The Morgan fingerprint density at radius 1 is 1.29 bits per heavy atom. The molecule has 0 aromatic heterocycles. The Balaban J connectivity index is 2.89. The zero-order valence-electron chi connectivity index (χ0n) is 8.27. The number of hydrogen-bond acceptors (Lipinski definition) is 0. The molecule has 0 aliphatic heterocycles. The van der Waals surface area contributed by atoms with Crippen molar-refractivity contribution in [3.8, 4) is 11.8 Å². The van der Waals surface area contributed by atoms with E-state index in [9.17, 15) is 8.78 Å². The fourth-order valence-corrected chi connectivity index (χ4v) is 1.33. The molecule has 1 rings (SSSR count). The van der Waals surface area contributed by atoms with Crippen molar-refractivity contribution in [1.82, 2.24) is 0 Å². The molecular formula is C12H12F2. The van der Waals surface area contributed by atoms with E-state index in [-0.39, 0.29) is 11.5 Å². The normalized spacial score (nSPS) is 11.7. The van der Waals surface area contributed by atoms with Gasteiger partial charge < -0.3 is 0 Å². The van der Waals surface area contributed by atoms with Crippen LogP contribution in [0.2, 0.25) is 0 Å². The van der Waals surface area contributed by atoms with Gasteiger partial charge in [0, 0.05) is 11.5 Å². The van der Waals surface area contributed by atoms with Gasteiger partial charge in [-0.1, -0.05) is 13.0 Å². The van der Waals surface area contributed by atoms with Gasteiger partial charge in [0.05, 0.1) is 0 Å². The summed E-state index contributed by atoms with van der Waals surface area (Å²) >= 11 is 0. The maximum absolute atomic E-state index is 13.2. The van der Waals surface area contributed by atoms with Crippen LogP contribution in [-0.4, -0.2) is 0 Å². The number of rotatable bonds is 2. The molecule has 1 aromatic carbocycles. The van der Waals surface area contributed by atoms with Gasteiger partial charge in [0.15, 0.2) is 0 Å². The van der Waals surface area contributed by atoms with Crippen molar-refractivity contribution in [3.05, 3.63) is 35.4 Å². The molecule has 74 valence electrons. The number of benzene rings is 1. The highest BCUT2D eigenvalue weighted by atomic mass is 19.1. The van der Waals surface area contributed by atoms with Crippen LogP contribution in [0, 0.1) is 29.4 Å². The minimum atomic E-state index is -0.491. The van der Waals surface area contributed by atoms with Crippen molar-refractivity contribution in [2.75, 3.05) is 0 Å². The van der Waals surface area contributed by atoms with Crippen molar-refractivity contribution in [3.63, 3.8) is 0 Å². The van der Waals surface area contributed by atoms with Crippen molar-refractivity contribution in [1.29, 1.82) is 0 Å². The molecule has 1 atom stereocenters. The summed E-state index contributed by atoms with van der Waals surface area (Å²) in [6.07, 6.45) is 0.319. The second kappa shape index (κ2) is 4.76. The first-order valence-electron chi connectivity index (χ1n) is 4.50. The highest BCUT2D eigenvalue weighted by Gasteiger charge is 2.10. The van der Waals surface area contributed by atoms with Crippen LogP contribution in [0.4, 0.5) is 8.78 Å². The molecular weight excluding hydrogens is 182 g/mol. The Bertz CT molecular complexity index is 351. The van der Waals surface area contributed by atoms with E-state index in [1.807, 2.05) is 6.92 Å². The third kappa shape index (κ3) is 2.56. The van der Waals surface area contributed by atoms with Gasteiger partial charge in [-0.15, -0.1) is 11.8 Å². The Morgan fingerprint density at radius 3 is 2.36 bits per heavy atom. The van der Waals surface area contributed by atoms with E-state index in [2.05, 4.69) is 11.8 Å². The monoisotopic (exact) mass is 194 g/mol. The zero-order valence-corrected chi connectivity index (χ0v) is 8.27. The van der Waals surface area contributed by atoms with Crippen LogP contribution in [-0.2, 0) is 6.42 Å². The molecule has 0 heterocycles. The summed E-state index contributed by atoms with van der Waals surface area (Å²) in [5.74, 6) is 4.59. The lowest BCUT2D eigenvalue weighted by Crippen LogP contribution is -2.02. The predicted octanol–water partition coefficient (Wildman–Crippen LogP) is 3.17. The lowest BCUT2D eigenvalue weighted by molar-refractivity contribution is 0.541. The fourth-order valence-electron chi connectivity index (χ4n) is 1.33. The van der Waals surface area contributed by atoms with Crippen LogP contribution in [0.3, 0.4) is 0 Å². The molecule has 1 aromatic rings. The molecule has 1 unspecified atom stereocenters. The van der Waals surface area contributed by atoms with Crippen LogP contribution in [0.25, 0.3) is 0 Å². The van der Waals surface area contributed by atoms with Crippen LogP contribution < -0.4 is 0 Å². The van der Waals surface area contributed by atoms with E-state index in [0.29, 0.717) is 6.42 Å². The van der Waals surface area contributed by atoms with Gasteiger partial charge in [-0.2, -0.15) is 0 Å². The van der Waals surface area contributed by atoms with Crippen molar-refractivity contribution in [2.24, 2.45) is 5.92 Å². The van der Waals surface area contributed by atoms with Crippen molar-refractivity contribution >= 4 is 0 Å². The van der Waals surface area contributed by atoms with Crippen LogP contribution in [0.1, 0.15) is 19.4 Å². The first-order chi connectivity index (χ1) is 6.65. The highest BCUT2D eigenvalue weighted by molar-refractivity contribution is 5.21. The number of hydrogen-bond donors (Lipinski definition) is 0. The molecule has 0 amide bonds. The molecule has 0 N–H and O–H groups in total. The maximum Gasteiger partial charge on any atom is 0.129 e. The topological polar surface area (TPSA) is 0 Å². The predicted molar refractivity (Wildman–Crippen MR) is 52.7 cm³/mol. The van der Waals surface area contributed by atoms with Gasteiger partial charge in [-0.05, 0) is 25.5 Å². The molecule has 0 saturated heterocycles. The first kappa shape index (κ1) is 10.7. The van der Waals surface area contributed by atoms with Gasteiger partial charge in [0.25, 0.3) is 0 Å². The summed E-state index contributed by atoms with van der Waals surface area (Å²) in [5.41, 5.74) is 0.128. The minimum Gasteiger partial charge on any atom is -0.207 e. The highest BCUT2D eigenvalue weighted by Crippen LogP contribution is 2.16. The van der Waals surface area contributed by atoms with Crippen LogP contribution >= 0.6 is 0 Å². The average Bonchev–Trinajstić information content (AvgIpc) is 2.12. The molecule has 0 radical (unpaired) electrons. The Labute approximate surface area is 83.0 Å². The minimum absolute atomic E-state index is 0.0219. The van der Waals surface area contributed by atoms with Crippen LogP contribution in [0.5, 0.6) is 0 Å². The summed E-state index contributed by atoms with van der Waals surface area (Å²) in [5, 5.41) is 0. The summed E-state index contributed by atoms with van der Waals surface area (Å²) in [4.78, 5) is 0. The molecule has 0 saturated carbocycles. The molecule has 0 fully saturated rings. The van der Waals surface area contributed by atoms with Crippen molar-refractivity contribution in [2.45, 2.75) is 20.3 Å². The van der Waals surface area contributed by atoms with E-state index in [1.165, 1.54) is 18.2 Å². The number of halogens is 2. The van der Waals surface area contributed by atoms with Gasteiger partial charge in [-0.3, -0.25) is 0 Å². The summed E-state index contributed by atoms with van der Waals surface area (Å²) in [6.45, 7) is 3.57. The largest absolute Gasteiger partial charge is 0.207 e. The third-order valence-electron chi connectivity index (χ3n) is 1.96. The summed E-state index contributed by atoms with van der Waals surface area (Å²) < 4.78 is 26.3. The smallest absolute Gasteiger partial charge is 0.129 e. The molecule has 0 bridgehead atoms. The molecule has 2 heteroatoms.